The molecule has 5 nitrogen and oxygen atoms in total. The lowest BCUT2D eigenvalue weighted by atomic mass is 10.2. The number of ether oxygens (including phenoxy) is 1. The minimum absolute atomic E-state index is 0.244. The lowest BCUT2D eigenvalue weighted by Gasteiger charge is -2.18. The number of hydrogen-bond acceptors (Lipinski definition) is 3. The van der Waals surface area contributed by atoms with Crippen molar-refractivity contribution in [2.75, 3.05) is 0 Å². The highest BCUT2D eigenvalue weighted by atomic mass is 16.6. The van der Waals surface area contributed by atoms with Crippen LogP contribution in [0.4, 0.5) is 4.79 Å². The minimum Gasteiger partial charge on any atom is -0.465 e. The summed E-state index contributed by atoms with van der Waals surface area (Å²) in [6.07, 6.45) is -2.34. The molecular formula is C11H15NO4. The number of benzene rings is 1. The van der Waals surface area contributed by atoms with E-state index in [1.807, 2.05) is 30.3 Å². The first-order chi connectivity index (χ1) is 7.59. The number of carbonyl (C=O) groups is 1. The summed E-state index contributed by atoms with van der Waals surface area (Å²) in [6, 6.07) is 8.67. The van der Waals surface area contributed by atoms with Crippen LogP contribution in [0, 0.1) is 0 Å². The highest BCUT2D eigenvalue weighted by Gasteiger charge is 2.16. The van der Waals surface area contributed by atoms with Crippen molar-refractivity contribution < 1.29 is 19.7 Å². The second-order valence-corrected chi connectivity index (χ2v) is 3.43. The summed E-state index contributed by atoms with van der Waals surface area (Å²) in [6.45, 7) is 1.78. The van der Waals surface area contributed by atoms with Gasteiger partial charge in [0.1, 0.15) is 0 Å². The molecule has 0 aliphatic heterocycles. The smallest absolute Gasteiger partial charge is 0.405 e. The van der Waals surface area contributed by atoms with Crippen LogP contribution in [0.5, 0.6) is 0 Å². The first kappa shape index (κ1) is 12.5. The molecule has 2 unspecified atom stereocenters. The Hall–Kier alpha value is -1.59. The van der Waals surface area contributed by atoms with Gasteiger partial charge in [-0.05, 0) is 12.5 Å². The lowest BCUT2D eigenvalue weighted by Crippen LogP contribution is -2.41. The summed E-state index contributed by atoms with van der Waals surface area (Å²) in [5, 5.41) is 20.0. The van der Waals surface area contributed by atoms with Gasteiger partial charge < -0.3 is 20.3 Å². The molecule has 0 spiro atoms. The Bertz CT molecular complexity index is 328. The molecule has 16 heavy (non-hydrogen) atoms. The molecule has 0 aromatic heterocycles. The van der Waals surface area contributed by atoms with Crippen LogP contribution in [0.1, 0.15) is 12.5 Å². The topological polar surface area (TPSA) is 78.8 Å². The van der Waals surface area contributed by atoms with Crippen molar-refractivity contribution in [1.82, 2.24) is 5.32 Å². The molecule has 1 aromatic rings. The number of amides is 1. The first-order valence-corrected chi connectivity index (χ1v) is 4.92. The van der Waals surface area contributed by atoms with Crippen LogP contribution in [0.15, 0.2) is 30.3 Å². The summed E-state index contributed by atoms with van der Waals surface area (Å²) < 4.78 is 5.12. The van der Waals surface area contributed by atoms with E-state index in [-0.39, 0.29) is 6.61 Å². The molecule has 1 amide bonds. The number of rotatable bonds is 5. The number of aliphatic hydroxyl groups is 1. The predicted octanol–water partition coefficient (Wildman–Crippen LogP) is 1.18. The number of nitrogens with one attached hydrogen (secondary N) is 1. The van der Waals surface area contributed by atoms with E-state index in [9.17, 15) is 9.90 Å². The van der Waals surface area contributed by atoms with Gasteiger partial charge in [0.05, 0.1) is 12.6 Å². The maximum absolute atomic E-state index is 10.3. The zero-order valence-corrected chi connectivity index (χ0v) is 8.96. The van der Waals surface area contributed by atoms with Gasteiger partial charge in [-0.2, -0.15) is 0 Å². The Kier molecular flexibility index (Phi) is 4.75. The normalized spacial score (nSPS) is 14.1. The van der Waals surface area contributed by atoms with Gasteiger partial charge in [-0.1, -0.05) is 30.3 Å². The molecule has 0 aliphatic rings. The molecule has 0 bridgehead atoms. The van der Waals surface area contributed by atoms with Crippen LogP contribution < -0.4 is 5.32 Å². The molecule has 0 saturated heterocycles. The monoisotopic (exact) mass is 225 g/mol. The molecule has 0 saturated carbocycles. The van der Waals surface area contributed by atoms with Gasteiger partial charge in [0, 0.05) is 0 Å². The zero-order chi connectivity index (χ0) is 12.0. The van der Waals surface area contributed by atoms with E-state index in [1.165, 1.54) is 6.92 Å². The maximum atomic E-state index is 10.3. The second-order valence-electron chi connectivity index (χ2n) is 3.43. The van der Waals surface area contributed by atoms with Crippen molar-refractivity contribution in [2.24, 2.45) is 0 Å². The number of aliphatic hydroxyl groups excluding tert-OH is 1. The van der Waals surface area contributed by atoms with E-state index in [0.29, 0.717) is 0 Å². The summed E-state index contributed by atoms with van der Waals surface area (Å²) >= 11 is 0. The summed E-state index contributed by atoms with van der Waals surface area (Å²) in [5.41, 5.74) is 0.920. The third-order valence-electron chi connectivity index (χ3n) is 2.04. The van der Waals surface area contributed by atoms with E-state index in [2.05, 4.69) is 5.32 Å². The number of carboxylic acid groups (broad SMARTS) is 1. The van der Waals surface area contributed by atoms with Crippen LogP contribution >= 0.6 is 0 Å². The Labute approximate surface area is 93.7 Å². The second kappa shape index (κ2) is 6.09. The standard InChI is InChI=1S/C11H15NO4/c1-8(12-11(14)15)10(13)16-7-9-5-3-2-4-6-9/h2-6,8,10,12-13H,7H2,1H3,(H,14,15). The van der Waals surface area contributed by atoms with Crippen LogP contribution in [0.3, 0.4) is 0 Å². The SMILES string of the molecule is CC(NC(=O)O)C(O)OCc1ccccc1. The van der Waals surface area contributed by atoms with E-state index in [1.54, 1.807) is 0 Å². The molecule has 3 N–H and O–H groups in total. The predicted molar refractivity (Wildman–Crippen MR) is 57.9 cm³/mol. The van der Waals surface area contributed by atoms with Gasteiger partial charge in [0.25, 0.3) is 0 Å². The van der Waals surface area contributed by atoms with Gasteiger partial charge in [0.2, 0.25) is 0 Å². The Morgan fingerprint density at radius 2 is 2.06 bits per heavy atom. The van der Waals surface area contributed by atoms with Crippen molar-refractivity contribution in [2.45, 2.75) is 25.9 Å². The lowest BCUT2D eigenvalue weighted by molar-refractivity contribution is -0.123. The minimum atomic E-state index is -1.19. The maximum Gasteiger partial charge on any atom is 0.405 e. The average Bonchev–Trinajstić information content (AvgIpc) is 2.26. The van der Waals surface area contributed by atoms with E-state index in [0.717, 1.165) is 5.56 Å². The largest absolute Gasteiger partial charge is 0.465 e. The fourth-order valence-electron chi connectivity index (χ4n) is 1.17. The van der Waals surface area contributed by atoms with Crippen LogP contribution in [0.25, 0.3) is 0 Å². The summed E-state index contributed by atoms with van der Waals surface area (Å²) in [5.74, 6) is 0. The van der Waals surface area contributed by atoms with Crippen molar-refractivity contribution >= 4 is 6.09 Å². The Morgan fingerprint density at radius 1 is 1.44 bits per heavy atom. The van der Waals surface area contributed by atoms with Crippen LogP contribution in [-0.4, -0.2) is 28.6 Å². The first-order valence-electron chi connectivity index (χ1n) is 4.92. The molecule has 5 heteroatoms. The molecule has 0 aliphatic carbocycles. The molecule has 2 atom stereocenters. The Morgan fingerprint density at radius 3 is 2.62 bits per heavy atom. The fraction of sp³-hybridized carbons (Fsp3) is 0.364. The third-order valence-corrected chi connectivity index (χ3v) is 2.04. The van der Waals surface area contributed by atoms with Crippen LogP contribution in [0.2, 0.25) is 0 Å². The van der Waals surface area contributed by atoms with Gasteiger partial charge in [0.15, 0.2) is 6.29 Å². The molecule has 1 rings (SSSR count). The molecule has 88 valence electrons. The van der Waals surface area contributed by atoms with Crippen molar-refractivity contribution in [3.05, 3.63) is 35.9 Å². The molecule has 0 radical (unpaired) electrons. The molecule has 0 fully saturated rings. The third kappa shape index (κ3) is 4.29. The van der Waals surface area contributed by atoms with Gasteiger partial charge in [-0.25, -0.2) is 4.79 Å². The van der Waals surface area contributed by atoms with Gasteiger partial charge >= 0.3 is 6.09 Å². The Balaban J connectivity index is 2.35. The molecule has 0 heterocycles. The fourth-order valence-corrected chi connectivity index (χ4v) is 1.17. The van der Waals surface area contributed by atoms with E-state index in [4.69, 9.17) is 9.84 Å². The van der Waals surface area contributed by atoms with Gasteiger partial charge in [-0.3, -0.25) is 0 Å². The van der Waals surface area contributed by atoms with E-state index >= 15 is 0 Å². The van der Waals surface area contributed by atoms with Gasteiger partial charge in [-0.15, -0.1) is 0 Å². The highest BCUT2D eigenvalue weighted by Crippen LogP contribution is 2.04. The molecule has 1 aromatic carbocycles. The van der Waals surface area contributed by atoms with Crippen LogP contribution in [-0.2, 0) is 11.3 Å². The quantitative estimate of drug-likeness (QED) is 0.657. The van der Waals surface area contributed by atoms with Crippen molar-refractivity contribution in [3.63, 3.8) is 0 Å². The van der Waals surface area contributed by atoms with E-state index < -0.39 is 18.4 Å². The number of hydrogen-bond donors (Lipinski definition) is 3. The summed E-state index contributed by atoms with van der Waals surface area (Å²) in [7, 11) is 0. The van der Waals surface area contributed by atoms with Crippen molar-refractivity contribution in [1.29, 1.82) is 0 Å². The molecular weight excluding hydrogens is 210 g/mol. The summed E-state index contributed by atoms with van der Waals surface area (Å²) in [4.78, 5) is 10.3. The average molecular weight is 225 g/mol. The van der Waals surface area contributed by atoms with Crippen molar-refractivity contribution in [3.8, 4) is 0 Å². The highest BCUT2D eigenvalue weighted by molar-refractivity contribution is 5.64. The zero-order valence-electron chi connectivity index (χ0n) is 8.96.